The van der Waals surface area contributed by atoms with Crippen molar-refractivity contribution in [2.75, 3.05) is 5.32 Å². The lowest BCUT2D eigenvalue weighted by Crippen LogP contribution is -2.59. The number of nitrogens with one attached hydrogen (secondary N) is 1. The summed E-state index contributed by atoms with van der Waals surface area (Å²) in [4.78, 5) is 23.7. The molecule has 118 valence electrons. The molecule has 0 aliphatic heterocycles. The summed E-state index contributed by atoms with van der Waals surface area (Å²) >= 11 is 0. The number of benzene rings is 1. The van der Waals surface area contributed by atoms with Gasteiger partial charge in [0.1, 0.15) is 5.60 Å². The van der Waals surface area contributed by atoms with E-state index in [9.17, 15) is 23.5 Å². The van der Waals surface area contributed by atoms with Crippen LogP contribution in [0.15, 0.2) is 18.2 Å². The Hall–Kier alpha value is -1.82. The summed E-state index contributed by atoms with van der Waals surface area (Å²) in [5.41, 5.74) is -0.740. The average molecular weight is 309 g/mol. The molecule has 0 saturated heterocycles. The van der Waals surface area contributed by atoms with Crippen LogP contribution in [0.1, 0.15) is 48.0 Å². The molecular weight excluding hydrogens is 292 g/mol. The fourth-order valence-corrected chi connectivity index (χ4v) is 2.95. The van der Waals surface area contributed by atoms with E-state index in [0.717, 1.165) is 18.4 Å². The van der Waals surface area contributed by atoms with E-state index in [1.165, 1.54) is 12.1 Å². The highest BCUT2D eigenvalue weighted by Crippen LogP contribution is 2.44. The minimum atomic E-state index is -3.84. The van der Waals surface area contributed by atoms with Gasteiger partial charge >= 0.3 is 5.92 Å². The normalized spacial score (nSPS) is 20.0. The van der Waals surface area contributed by atoms with Crippen LogP contribution in [0.25, 0.3) is 0 Å². The minimum absolute atomic E-state index is 0.0401. The van der Waals surface area contributed by atoms with Crippen LogP contribution in [0.5, 0.6) is 0 Å². The largest absolute Gasteiger partial charge is 0.383 e. The summed E-state index contributed by atoms with van der Waals surface area (Å²) in [5, 5.41) is 11.9. The van der Waals surface area contributed by atoms with Gasteiger partial charge in [0, 0.05) is 17.7 Å². The molecule has 1 amide bonds. The van der Waals surface area contributed by atoms with Gasteiger partial charge in [-0.15, -0.1) is 0 Å². The first kappa shape index (κ1) is 15.1. The van der Waals surface area contributed by atoms with Crippen LogP contribution in [0.4, 0.5) is 14.5 Å². The molecule has 0 atom stereocenters. The Morgan fingerprint density at radius 3 is 2.59 bits per heavy atom. The van der Waals surface area contributed by atoms with Crippen molar-refractivity contribution in [3.63, 3.8) is 0 Å². The summed E-state index contributed by atoms with van der Waals surface area (Å²) in [7, 11) is 0. The number of anilines is 1. The van der Waals surface area contributed by atoms with Gasteiger partial charge in [0.2, 0.25) is 0 Å². The lowest BCUT2D eigenvalue weighted by molar-refractivity contribution is -0.212. The van der Waals surface area contributed by atoms with Crippen LogP contribution < -0.4 is 5.32 Å². The first-order valence-electron chi connectivity index (χ1n) is 7.41. The lowest BCUT2D eigenvalue weighted by atomic mass is 9.75. The molecule has 2 N–H and O–H groups in total. The number of halogens is 2. The number of alkyl halides is 2. The SMILES string of the molecule is O=C1CCCc2ccc(NC(=O)C(F)(F)C3(O)CCC3)cc21. The van der Waals surface area contributed by atoms with E-state index in [1.54, 1.807) is 6.07 Å². The molecule has 0 spiro atoms. The van der Waals surface area contributed by atoms with Gasteiger partial charge < -0.3 is 10.4 Å². The van der Waals surface area contributed by atoms with E-state index < -0.39 is 17.4 Å². The number of aliphatic hydroxyl groups is 1. The maximum Gasteiger partial charge on any atom is 0.352 e. The monoisotopic (exact) mass is 309 g/mol. The van der Waals surface area contributed by atoms with Crippen LogP contribution in [-0.2, 0) is 11.2 Å². The van der Waals surface area contributed by atoms with Gasteiger partial charge in [-0.05, 0) is 49.8 Å². The summed E-state index contributed by atoms with van der Waals surface area (Å²) in [6.45, 7) is 0. The molecule has 2 aliphatic carbocycles. The molecule has 1 saturated carbocycles. The third kappa shape index (κ3) is 2.31. The Morgan fingerprint density at radius 2 is 1.95 bits per heavy atom. The maximum absolute atomic E-state index is 14.0. The van der Waals surface area contributed by atoms with Crippen molar-refractivity contribution in [2.45, 2.75) is 50.0 Å². The number of hydrogen-bond donors (Lipinski definition) is 2. The molecule has 0 heterocycles. The molecule has 0 bridgehead atoms. The molecule has 22 heavy (non-hydrogen) atoms. The van der Waals surface area contributed by atoms with Crippen LogP contribution in [0.3, 0.4) is 0 Å². The van der Waals surface area contributed by atoms with Gasteiger partial charge in [-0.1, -0.05) is 6.07 Å². The van der Waals surface area contributed by atoms with Crippen molar-refractivity contribution in [1.82, 2.24) is 0 Å². The fourth-order valence-electron chi connectivity index (χ4n) is 2.95. The van der Waals surface area contributed by atoms with Crippen molar-refractivity contribution in [3.8, 4) is 0 Å². The summed E-state index contributed by atoms with van der Waals surface area (Å²) in [6, 6.07) is 4.63. The fraction of sp³-hybridized carbons (Fsp3) is 0.500. The molecule has 0 unspecified atom stereocenters. The third-order valence-corrected chi connectivity index (χ3v) is 4.57. The van der Waals surface area contributed by atoms with E-state index >= 15 is 0 Å². The second kappa shape index (κ2) is 5.12. The number of carbonyl (C=O) groups is 2. The second-order valence-corrected chi connectivity index (χ2v) is 6.06. The molecule has 1 fully saturated rings. The van der Waals surface area contributed by atoms with Crippen molar-refractivity contribution in [2.24, 2.45) is 0 Å². The zero-order chi connectivity index (χ0) is 16.0. The molecular formula is C16H17F2NO3. The van der Waals surface area contributed by atoms with Gasteiger partial charge in [0.15, 0.2) is 5.78 Å². The molecule has 1 aromatic rings. The van der Waals surface area contributed by atoms with Crippen molar-refractivity contribution in [1.29, 1.82) is 0 Å². The Kier molecular flexibility index (Phi) is 3.51. The lowest BCUT2D eigenvalue weighted by Gasteiger charge is -2.41. The number of aryl methyl sites for hydroxylation is 1. The second-order valence-electron chi connectivity index (χ2n) is 6.06. The predicted molar refractivity (Wildman–Crippen MR) is 76.1 cm³/mol. The summed E-state index contributed by atoms with van der Waals surface area (Å²) < 4.78 is 28.0. The Bertz CT molecular complexity index is 638. The van der Waals surface area contributed by atoms with Gasteiger partial charge in [-0.3, -0.25) is 9.59 Å². The number of carbonyl (C=O) groups excluding carboxylic acids is 2. The maximum atomic E-state index is 14.0. The van der Waals surface area contributed by atoms with E-state index in [-0.39, 0.29) is 24.3 Å². The van der Waals surface area contributed by atoms with Crippen LogP contribution in [0, 0.1) is 0 Å². The first-order chi connectivity index (χ1) is 10.3. The summed E-state index contributed by atoms with van der Waals surface area (Å²) in [5.74, 6) is -5.41. The van der Waals surface area contributed by atoms with Crippen molar-refractivity contribution in [3.05, 3.63) is 29.3 Å². The number of Topliss-reactive ketones (excluding diaryl/α,β-unsaturated/α-hetero) is 1. The van der Waals surface area contributed by atoms with E-state index in [4.69, 9.17) is 0 Å². The average Bonchev–Trinajstić information content (AvgIpc) is 2.45. The smallest absolute Gasteiger partial charge is 0.352 e. The van der Waals surface area contributed by atoms with Crippen LogP contribution in [0.2, 0.25) is 0 Å². The Balaban J connectivity index is 1.80. The minimum Gasteiger partial charge on any atom is -0.383 e. The predicted octanol–water partition coefficient (Wildman–Crippen LogP) is 2.69. The third-order valence-electron chi connectivity index (χ3n) is 4.57. The molecule has 4 nitrogen and oxygen atoms in total. The van der Waals surface area contributed by atoms with Crippen LogP contribution in [-0.4, -0.2) is 28.3 Å². The van der Waals surface area contributed by atoms with Gasteiger partial charge in [0.05, 0.1) is 0 Å². The van der Waals surface area contributed by atoms with Crippen LogP contribution >= 0.6 is 0 Å². The zero-order valence-electron chi connectivity index (χ0n) is 12.0. The Morgan fingerprint density at radius 1 is 1.23 bits per heavy atom. The van der Waals surface area contributed by atoms with Gasteiger partial charge in [-0.2, -0.15) is 8.78 Å². The molecule has 0 aromatic heterocycles. The van der Waals surface area contributed by atoms with E-state index in [0.29, 0.717) is 18.4 Å². The number of hydrogen-bond acceptors (Lipinski definition) is 3. The topological polar surface area (TPSA) is 66.4 Å². The van der Waals surface area contributed by atoms with E-state index in [1.807, 2.05) is 0 Å². The van der Waals surface area contributed by atoms with Crippen molar-refractivity contribution < 1.29 is 23.5 Å². The quantitative estimate of drug-likeness (QED) is 0.902. The molecule has 3 rings (SSSR count). The molecule has 6 heteroatoms. The standard InChI is InChI=1S/C16H17F2NO3/c17-16(18,15(22)7-2-8-15)14(21)19-11-6-5-10-3-1-4-13(20)12(10)9-11/h5-6,9,22H,1-4,7-8H2,(H,19,21). The number of rotatable bonds is 3. The highest BCUT2D eigenvalue weighted by molar-refractivity contribution is 6.01. The van der Waals surface area contributed by atoms with Crippen molar-refractivity contribution >= 4 is 17.4 Å². The van der Waals surface area contributed by atoms with Gasteiger partial charge in [-0.25, -0.2) is 0 Å². The Labute approximate surface area is 126 Å². The number of fused-ring (bicyclic) bond motifs is 1. The molecule has 0 radical (unpaired) electrons. The zero-order valence-corrected chi connectivity index (χ0v) is 12.0. The highest BCUT2D eigenvalue weighted by atomic mass is 19.3. The van der Waals surface area contributed by atoms with Gasteiger partial charge in [0.25, 0.3) is 5.91 Å². The number of ketones is 1. The summed E-state index contributed by atoms with van der Waals surface area (Å²) in [6.07, 6.45) is 2.28. The molecule has 1 aromatic carbocycles. The first-order valence-corrected chi connectivity index (χ1v) is 7.41. The van der Waals surface area contributed by atoms with E-state index in [2.05, 4.69) is 5.32 Å². The highest BCUT2D eigenvalue weighted by Gasteiger charge is 2.61. The molecule has 2 aliphatic rings. The number of amides is 1.